The highest BCUT2D eigenvalue weighted by molar-refractivity contribution is 5.75. The van der Waals surface area contributed by atoms with Crippen molar-refractivity contribution in [1.82, 2.24) is 4.90 Å². The van der Waals surface area contributed by atoms with Gasteiger partial charge in [0.1, 0.15) is 5.76 Å². The van der Waals surface area contributed by atoms with Crippen LogP contribution in [0.25, 0.3) is 0 Å². The van der Waals surface area contributed by atoms with Crippen molar-refractivity contribution in [3.8, 4) is 0 Å². The zero-order valence-electron chi connectivity index (χ0n) is 15.9. The molecule has 3 aromatic rings. The molecule has 0 aliphatic carbocycles. The van der Waals surface area contributed by atoms with Crippen LogP contribution >= 0.6 is 0 Å². The molecular weight excluding hydrogens is 334 g/mol. The zero-order valence-corrected chi connectivity index (χ0v) is 15.9. The van der Waals surface area contributed by atoms with Crippen molar-refractivity contribution in [2.75, 3.05) is 6.54 Å². The van der Waals surface area contributed by atoms with Crippen LogP contribution in [-0.4, -0.2) is 17.4 Å². The monoisotopic (exact) mass is 361 g/mol. The van der Waals surface area contributed by atoms with Crippen molar-refractivity contribution in [3.63, 3.8) is 0 Å². The third-order valence-electron chi connectivity index (χ3n) is 4.89. The molecule has 0 aliphatic rings. The summed E-state index contributed by atoms with van der Waals surface area (Å²) < 4.78 is 5.70. The van der Waals surface area contributed by atoms with Gasteiger partial charge in [-0.2, -0.15) is 0 Å². The third kappa shape index (κ3) is 5.58. The Morgan fingerprint density at radius 1 is 0.926 bits per heavy atom. The van der Waals surface area contributed by atoms with Crippen LogP contribution in [0.3, 0.4) is 0 Å². The Kier molecular flexibility index (Phi) is 6.86. The fourth-order valence-corrected chi connectivity index (χ4v) is 3.40. The van der Waals surface area contributed by atoms with Crippen LogP contribution < -0.4 is 0 Å². The molecule has 0 spiro atoms. The van der Waals surface area contributed by atoms with Gasteiger partial charge in [0, 0.05) is 25.4 Å². The molecule has 3 heteroatoms. The molecule has 27 heavy (non-hydrogen) atoms. The number of furan rings is 1. The molecule has 3 rings (SSSR count). The Balaban J connectivity index is 1.70. The Morgan fingerprint density at radius 3 is 2.19 bits per heavy atom. The number of amides is 1. The number of carbonyl (C=O) groups is 1. The van der Waals surface area contributed by atoms with Gasteiger partial charge in [0.15, 0.2) is 0 Å². The highest BCUT2D eigenvalue weighted by Gasteiger charge is 2.19. The van der Waals surface area contributed by atoms with Gasteiger partial charge in [-0.1, -0.05) is 67.6 Å². The van der Waals surface area contributed by atoms with Gasteiger partial charge in [0.2, 0.25) is 5.91 Å². The summed E-state index contributed by atoms with van der Waals surface area (Å²) in [5.74, 6) is 1.43. The fourth-order valence-electron chi connectivity index (χ4n) is 3.40. The van der Waals surface area contributed by atoms with Gasteiger partial charge in [-0.15, -0.1) is 0 Å². The lowest BCUT2D eigenvalue weighted by molar-refractivity contribution is -0.131. The molecule has 0 saturated carbocycles. The van der Waals surface area contributed by atoms with Crippen LogP contribution in [0, 0.1) is 0 Å². The van der Waals surface area contributed by atoms with Crippen LogP contribution in [0.15, 0.2) is 83.5 Å². The minimum Gasteiger partial charge on any atom is -0.469 e. The highest BCUT2D eigenvalue weighted by Crippen LogP contribution is 2.25. The smallest absolute Gasteiger partial charge is 0.222 e. The molecule has 1 amide bonds. The van der Waals surface area contributed by atoms with Gasteiger partial charge in [0.25, 0.3) is 0 Å². The summed E-state index contributed by atoms with van der Waals surface area (Å²) in [7, 11) is 0. The molecule has 1 unspecified atom stereocenters. The van der Waals surface area contributed by atoms with Gasteiger partial charge in [-0.3, -0.25) is 4.79 Å². The Bertz CT molecular complexity index is 797. The minimum absolute atomic E-state index is 0.191. The fraction of sp³-hybridized carbons (Fsp3) is 0.292. The molecule has 1 atom stereocenters. The third-order valence-corrected chi connectivity index (χ3v) is 4.89. The van der Waals surface area contributed by atoms with Gasteiger partial charge in [0.05, 0.1) is 6.26 Å². The normalized spacial score (nSPS) is 11.9. The van der Waals surface area contributed by atoms with Crippen molar-refractivity contribution < 1.29 is 9.21 Å². The van der Waals surface area contributed by atoms with E-state index in [9.17, 15) is 4.79 Å². The highest BCUT2D eigenvalue weighted by atomic mass is 16.3. The van der Waals surface area contributed by atoms with E-state index in [0.29, 0.717) is 13.0 Å². The Hall–Kier alpha value is -2.81. The van der Waals surface area contributed by atoms with Crippen LogP contribution in [0.4, 0.5) is 0 Å². The Morgan fingerprint density at radius 2 is 1.59 bits per heavy atom. The summed E-state index contributed by atoms with van der Waals surface area (Å²) in [6, 6.07) is 24.6. The first-order valence-corrected chi connectivity index (χ1v) is 9.65. The van der Waals surface area contributed by atoms with Crippen molar-refractivity contribution in [2.24, 2.45) is 0 Å². The van der Waals surface area contributed by atoms with E-state index in [1.807, 2.05) is 48.2 Å². The average Bonchev–Trinajstić information content (AvgIpc) is 3.25. The molecule has 0 saturated heterocycles. The van der Waals surface area contributed by atoms with Crippen molar-refractivity contribution in [1.29, 1.82) is 0 Å². The zero-order chi connectivity index (χ0) is 18.9. The van der Waals surface area contributed by atoms with E-state index in [4.69, 9.17) is 4.42 Å². The van der Waals surface area contributed by atoms with E-state index >= 15 is 0 Å². The van der Waals surface area contributed by atoms with E-state index in [0.717, 1.165) is 30.7 Å². The summed E-state index contributed by atoms with van der Waals surface area (Å²) in [6.45, 7) is 3.30. The molecular formula is C24H27NO2. The molecule has 0 aliphatic heterocycles. The van der Waals surface area contributed by atoms with Crippen molar-refractivity contribution >= 4 is 5.91 Å². The molecule has 3 nitrogen and oxygen atoms in total. The molecule has 140 valence electrons. The summed E-state index contributed by atoms with van der Waals surface area (Å²) in [5, 5.41) is 0. The summed E-state index contributed by atoms with van der Waals surface area (Å²) in [4.78, 5) is 14.4. The molecule has 1 heterocycles. The average molecular weight is 361 g/mol. The van der Waals surface area contributed by atoms with Crippen LogP contribution in [0.2, 0.25) is 0 Å². The lowest BCUT2D eigenvalue weighted by Gasteiger charge is -2.25. The maximum absolute atomic E-state index is 12.5. The standard InChI is InChI=1S/C24H27NO2/c1-2-24(26)25(19-21-12-7-4-8-13-21)16-15-22(23-14-9-17-27-23)18-20-10-5-3-6-11-20/h3-14,17,22H,2,15-16,18-19H2,1H3. The molecule has 1 aromatic heterocycles. The number of hydrogen-bond donors (Lipinski definition) is 0. The van der Waals surface area contributed by atoms with Crippen LogP contribution in [0.5, 0.6) is 0 Å². The molecule has 0 radical (unpaired) electrons. The first-order chi connectivity index (χ1) is 13.3. The lowest BCUT2D eigenvalue weighted by Crippen LogP contribution is -2.31. The first-order valence-electron chi connectivity index (χ1n) is 9.65. The Labute approximate surface area is 161 Å². The second-order valence-corrected chi connectivity index (χ2v) is 6.85. The van der Waals surface area contributed by atoms with Gasteiger partial charge < -0.3 is 9.32 Å². The molecule has 0 N–H and O–H groups in total. The second kappa shape index (κ2) is 9.77. The van der Waals surface area contributed by atoms with E-state index < -0.39 is 0 Å². The van der Waals surface area contributed by atoms with Gasteiger partial charge in [-0.05, 0) is 36.1 Å². The molecule has 2 aromatic carbocycles. The number of carbonyl (C=O) groups excluding carboxylic acids is 1. The number of rotatable bonds is 9. The van der Waals surface area contributed by atoms with Gasteiger partial charge in [-0.25, -0.2) is 0 Å². The maximum atomic E-state index is 12.5. The lowest BCUT2D eigenvalue weighted by atomic mass is 9.93. The van der Waals surface area contributed by atoms with E-state index in [1.54, 1.807) is 6.26 Å². The summed E-state index contributed by atoms with van der Waals surface area (Å²) >= 11 is 0. The molecule has 0 fully saturated rings. The minimum atomic E-state index is 0.191. The first kappa shape index (κ1) is 19.0. The predicted molar refractivity (Wildman–Crippen MR) is 108 cm³/mol. The van der Waals surface area contributed by atoms with E-state index in [2.05, 4.69) is 36.4 Å². The topological polar surface area (TPSA) is 33.5 Å². The van der Waals surface area contributed by atoms with Gasteiger partial charge >= 0.3 is 0 Å². The summed E-state index contributed by atoms with van der Waals surface area (Å²) in [6.07, 6.45) is 4.04. The molecule has 0 bridgehead atoms. The largest absolute Gasteiger partial charge is 0.469 e. The number of benzene rings is 2. The van der Waals surface area contributed by atoms with Crippen molar-refractivity contribution in [2.45, 2.75) is 38.6 Å². The van der Waals surface area contributed by atoms with Crippen molar-refractivity contribution in [3.05, 3.63) is 95.9 Å². The second-order valence-electron chi connectivity index (χ2n) is 6.85. The quantitative estimate of drug-likeness (QED) is 0.509. The predicted octanol–water partition coefficient (Wildman–Crippen LogP) is 5.43. The number of hydrogen-bond acceptors (Lipinski definition) is 2. The summed E-state index contributed by atoms with van der Waals surface area (Å²) in [5.41, 5.74) is 2.45. The van der Waals surface area contributed by atoms with Crippen LogP contribution in [-0.2, 0) is 17.8 Å². The maximum Gasteiger partial charge on any atom is 0.222 e. The van der Waals surface area contributed by atoms with Crippen LogP contribution in [0.1, 0.15) is 42.6 Å². The van der Waals surface area contributed by atoms with E-state index in [-0.39, 0.29) is 11.8 Å². The SMILES string of the molecule is CCC(=O)N(CCC(Cc1ccccc1)c1ccco1)Cc1ccccc1. The number of nitrogens with zero attached hydrogens (tertiary/aromatic N) is 1. The van der Waals surface area contributed by atoms with E-state index in [1.165, 1.54) is 5.56 Å².